The number of esters is 1. The molecule has 3 aliphatic rings. The number of carboxylic acid groups (broad SMARTS) is 1. The number of nitrogens with zero attached hydrogens (tertiary/aromatic N) is 5. The van der Waals surface area contributed by atoms with Crippen molar-refractivity contribution in [1.29, 1.82) is 0 Å². The van der Waals surface area contributed by atoms with Gasteiger partial charge in [0, 0.05) is 6.04 Å². The van der Waals surface area contributed by atoms with Crippen molar-refractivity contribution in [3.8, 4) is 0 Å². The Bertz CT molecular complexity index is 931. The average Bonchev–Trinajstić information content (AvgIpc) is 3.36. The molecule has 0 radical (unpaired) electrons. The maximum Gasteiger partial charge on any atom is 0.407 e. The fraction of sp³-hybridized carbons (Fsp3) is 0.706. The van der Waals surface area contributed by atoms with Gasteiger partial charge in [0.25, 0.3) is 0 Å². The van der Waals surface area contributed by atoms with Gasteiger partial charge in [-0.25, -0.2) is 13.2 Å². The summed E-state index contributed by atoms with van der Waals surface area (Å²) >= 11 is 0. The highest BCUT2D eigenvalue weighted by Gasteiger charge is 2.46. The van der Waals surface area contributed by atoms with Gasteiger partial charge in [-0.2, -0.15) is 5.10 Å². The molecule has 1 unspecified atom stereocenters. The number of carbonyl (C=O) groups is 2. The van der Waals surface area contributed by atoms with Gasteiger partial charge in [0.1, 0.15) is 6.04 Å². The fourth-order valence-electron chi connectivity index (χ4n) is 4.61. The van der Waals surface area contributed by atoms with Crippen molar-refractivity contribution in [2.45, 2.75) is 51.0 Å². The lowest BCUT2D eigenvalue weighted by atomic mass is 10.2. The summed E-state index contributed by atoms with van der Waals surface area (Å²) in [5.41, 5.74) is 0.986. The molecule has 4 heterocycles. The highest BCUT2D eigenvalue weighted by molar-refractivity contribution is 7.93. The molecule has 2 fully saturated rings. The Hall–Kier alpha value is -2.34. The lowest BCUT2D eigenvalue weighted by Gasteiger charge is -2.33. The Morgan fingerprint density at radius 3 is 2.76 bits per heavy atom. The molecule has 12 heteroatoms. The molecule has 4 rings (SSSR count). The van der Waals surface area contributed by atoms with Crippen LogP contribution in [0.25, 0.3) is 0 Å². The minimum atomic E-state index is -3.62. The summed E-state index contributed by atoms with van der Waals surface area (Å²) in [7, 11) is -2.28. The molecule has 2 saturated heterocycles. The van der Waals surface area contributed by atoms with E-state index >= 15 is 0 Å². The molecule has 0 spiro atoms. The number of amides is 1. The van der Waals surface area contributed by atoms with Crippen LogP contribution >= 0.6 is 0 Å². The minimum absolute atomic E-state index is 0.0804. The van der Waals surface area contributed by atoms with E-state index in [1.807, 2.05) is 4.90 Å². The molecule has 29 heavy (non-hydrogen) atoms. The monoisotopic (exact) mass is 427 g/mol. The number of likely N-dealkylation sites (tertiary alicyclic amines) is 1. The average molecular weight is 427 g/mol. The van der Waals surface area contributed by atoms with Crippen molar-refractivity contribution in [3.63, 3.8) is 0 Å². The number of carbonyl (C=O) groups excluding carboxylic acids is 1. The van der Waals surface area contributed by atoms with Crippen LogP contribution in [0.5, 0.6) is 0 Å². The third-order valence-electron chi connectivity index (χ3n) is 6.08. The first kappa shape index (κ1) is 20.0. The molecular weight excluding hydrogens is 402 g/mol. The van der Waals surface area contributed by atoms with E-state index in [1.165, 1.54) is 22.5 Å². The van der Waals surface area contributed by atoms with Crippen LogP contribution in [0, 0.1) is 0 Å². The van der Waals surface area contributed by atoms with Gasteiger partial charge >= 0.3 is 12.1 Å². The zero-order valence-electron chi connectivity index (χ0n) is 16.4. The summed E-state index contributed by atoms with van der Waals surface area (Å²) in [5.74, 6) is -0.434. The number of fused-ring (bicyclic) bond motifs is 1. The normalized spacial score (nSPS) is 29.1. The van der Waals surface area contributed by atoms with Gasteiger partial charge in [0.2, 0.25) is 10.0 Å². The first-order chi connectivity index (χ1) is 13.7. The predicted molar refractivity (Wildman–Crippen MR) is 102 cm³/mol. The maximum absolute atomic E-state index is 13.0. The molecule has 0 aromatic carbocycles. The first-order valence-electron chi connectivity index (χ1n) is 9.61. The Kier molecular flexibility index (Phi) is 4.93. The van der Waals surface area contributed by atoms with Gasteiger partial charge < -0.3 is 9.84 Å². The molecule has 0 bridgehead atoms. The lowest BCUT2D eigenvalue weighted by Crippen LogP contribution is -2.46. The van der Waals surface area contributed by atoms with E-state index in [-0.39, 0.29) is 36.9 Å². The molecule has 1 N–H and O–H groups in total. The second-order valence-corrected chi connectivity index (χ2v) is 9.74. The highest BCUT2D eigenvalue weighted by Crippen LogP contribution is 2.34. The minimum Gasteiger partial charge on any atom is -0.468 e. The van der Waals surface area contributed by atoms with Crippen molar-refractivity contribution in [3.05, 3.63) is 11.9 Å². The SMILES string of the molecule is COC(=O)[C@@H]1CCCN1C1CN(c2cnn3c2CN(C(=O)O)[C@@H](C)C3)S(=O)(=O)C1. The van der Waals surface area contributed by atoms with Crippen molar-refractivity contribution in [1.82, 2.24) is 19.6 Å². The zero-order valence-corrected chi connectivity index (χ0v) is 17.2. The number of ether oxygens (including phenoxy) is 1. The quantitative estimate of drug-likeness (QED) is 0.664. The number of aromatic nitrogens is 2. The summed E-state index contributed by atoms with van der Waals surface area (Å²) < 4.78 is 33.8. The Morgan fingerprint density at radius 1 is 1.31 bits per heavy atom. The van der Waals surface area contributed by atoms with Gasteiger partial charge in [-0.15, -0.1) is 0 Å². The van der Waals surface area contributed by atoms with E-state index in [4.69, 9.17) is 4.74 Å². The topological polar surface area (TPSA) is 125 Å². The molecule has 0 aliphatic carbocycles. The summed E-state index contributed by atoms with van der Waals surface area (Å²) in [4.78, 5) is 26.8. The fourth-order valence-corrected chi connectivity index (χ4v) is 6.42. The Morgan fingerprint density at radius 2 is 2.07 bits per heavy atom. The summed E-state index contributed by atoms with van der Waals surface area (Å²) in [6.45, 7) is 3.09. The van der Waals surface area contributed by atoms with E-state index < -0.39 is 22.2 Å². The van der Waals surface area contributed by atoms with Crippen LogP contribution in [0.1, 0.15) is 25.5 Å². The smallest absolute Gasteiger partial charge is 0.407 e. The first-order valence-corrected chi connectivity index (χ1v) is 11.2. The van der Waals surface area contributed by atoms with Crippen LogP contribution in [0.2, 0.25) is 0 Å². The van der Waals surface area contributed by atoms with Crippen LogP contribution in [0.4, 0.5) is 10.5 Å². The van der Waals surface area contributed by atoms with E-state index in [1.54, 1.807) is 11.6 Å². The Balaban J connectivity index is 1.61. The van der Waals surface area contributed by atoms with Gasteiger partial charge in [0.15, 0.2) is 0 Å². The van der Waals surface area contributed by atoms with E-state index in [0.29, 0.717) is 30.9 Å². The largest absolute Gasteiger partial charge is 0.468 e. The van der Waals surface area contributed by atoms with Gasteiger partial charge in [-0.05, 0) is 26.3 Å². The predicted octanol–water partition coefficient (Wildman–Crippen LogP) is -0.0790. The molecule has 1 aromatic heterocycles. The molecule has 0 saturated carbocycles. The molecule has 3 aliphatic heterocycles. The van der Waals surface area contributed by atoms with Crippen molar-refractivity contribution < 1.29 is 27.9 Å². The third-order valence-corrected chi connectivity index (χ3v) is 7.91. The zero-order chi connectivity index (χ0) is 20.9. The van der Waals surface area contributed by atoms with Crippen LogP contribution in [0.3, 0.4) is 0 Å². The molecule has 1 amide bonds. The molecule has 160 valence electrons. The second-order valence-electron chi connectivity index (χ2n) is 7.80. The lowest BCUT2D eigenvalue weighted by molar-refractivity contribution is -0.146. The number of methoxy groups -OCH3 is 1. The van der Waals surface area contributed by atoms with Gasteiger partial charge in [-0.3, -0.25) is 23.6 Å². The number of hydrogen-bond acceptors (Lipinski definition) is 7. The van der Waals surface area contributed by atoms with E-state index in [9.17, 15) is 23.1 Å². The standard InChI is InChI=1S/C17H25N5O6S/c1-11-7-21-15(9-20(11)17(24)25)14(6-18-21)22-8-12(10-29(22,26)27)19-5-3-4-13(19)16(23)28-2/h6,11-13H,3-5,7-10H2,1-2H3,(H,24,25)/t11-,12?,13-/m0/s1. The second kappa shape index (κ2) is 7.17. The summed E-state index contributed by atoms with van der Waals surface area (Å²) in [6, 6.07) is -1.01. The summed E-state index contributed by atoms with van der Waals surface area (Å²) in [5, 5.41) is 13.7. The van der Waals surface area contributed by atoms with E-state index in [2.05, 4.69) is 5.10 Å². The van der Waals surface area contributed by atoms with Crippen LogP contribution in [-0.4, -0.2) is 89.2 Å². The van der Waals surface area contributed by atoms with Gasteiger partial charge in [-0.1, -0.05) is 0 Å². The summed E-state index contributed by atoms with van der Waals surface area (Å²) in [6.07, 6.45) is 1.91. The molecule has 1 aromatic rings. The van der Waals surface area contributed by atoms with Crippen molar-refractivity contribution in [2.75, 3.05) is 30.3 Å². The van der Waals surface area contributed by atoms with Crippen LogP contribution in [-0.2, 0) is 32.6 Å². The van der Waals surface area contributed by atoms with Crippen molar-refractivity contribution >= 4 is 27.8 Å². The van der Waals surface area contributed by atoms with Crippen LogP contribution < -0.4 is 4.31 Å². The molecular formula is C17H25N5O6S. The number of anilines is 1. The van der Waals surface area contributed by atoms with Crippen molar-refractivity contribution in [2.24, 2.45) is 0 Å². The Labute approximate surface area is 168 Å². The van der Waals surface area contributed by atoms with Gasteiger partial charge in [0.05, 0.1) is 56.1 Å². The van der Waals surface area contributed by atoms with E-state index in [0.717, 1.165) is 6.42 Å². The number of hydrogen-bond donors (Lipinski definition) is 1. The highest BCUT2D eigenvalue weighted by atomic mass is 32.2. The van der Waals surface area contributed by atoms with Crippen LogP contribution in [0.15, 0.2) is 6.20 Å². The number of rotatable bonds is 3. The molecule has 3 atom stereocenters. The third kappa shape index (κ3) is 3.33. The maximum atomic E-state index is 13.0. The number of sulfonamides is 1. The molecule has 11 nitrogen and oxygen atoms in total.